The van der Waals surface area contributed by atoms with E-state index in [-0.39, 0.29) is 5.78 Å². The number of carbonyl (C=O) groups is 2. The van der Waals surface area contributed by atoms with E-state index in [1.807, 2.05) is 13.8 Å². The Balaban J connectivity index is 1.94. The fourth-order valence-electron chi connectivity index (χ4n) is 2.11. The molecule has 8 nitrogen and oxygen atoms in total. The molecule has 2 aromatic rings. The summed E-state index contributed by atoms with van der Waals surface area (Å²) in [5, 5.41) is 9.20. The van der Waals surface area contributed by atoms with Crippen molar-refractivity contribution in [3.05, 3.63) is 35.5 Å². The zero-order valence-electron chi connectivity index (χ0n) is 14.6. The largest absolute Gasteiger partial charge is 0.492 e. The molecule has 1 aromatic carbocycles. The lowest BCUT2D eigenvalue weighted by Gasteiger charge is -2.13. The van der Waals surface area contributed by atoms with Gasteiger partial charge in [-0.15, -0.1) is 0 Å². The van der Waals surface area contributed by atoms with Crippen LogP contribution < -0.4 is 15.4 Å². The SMILES string of the molecule is CCOc1ccc(C(C)=O)cc1NC(=O)NCCc1nc(CC)no1. The number of hydrogen-bond donors (Lipinski definition) is 2. The molecule has 0 saturated heterocycles. The third kappa shape index (κ3) is 5.30. The number of Topliss-reactive ketones (excluding diaryl/α,β-unsaturated/α-hetero) is 1. The fraction of sp³-hybridized carbons (Fsp3) is 0.412. The van der Waals surface area contributed by atoms with Crippen molar-refractivity contribution in [3.8, 4) is 5.75 Å². The number of amides is 2. The number of urea groups is 1. The molecule has 2 N–H and O–H groups in total. The van der Waals surface area contributed by atoms with Crippen LogP contribution in [-0.4, -0.2) is 35.1 Å². The lowest BCUT2D eigenvalue weighted by atomic mass is 10.1. The predicted octanol–water partition coefficient (Wildman–Crippen LogP) is 2.60. The molecule has 1 aromatic heterocycles. The molecular weight excluding hydrogens is 324 g/mol. The zero-order valence-corrected chi connectivity index (χ0v) is 14.6. The van der Waals surface area contributed by atoms with Crippen LogP contribution in [0, 0.1) is 0 Å². The van der Waals surface area contributed by atoms with Crippen LogP contribution >= 0.6 is 0 Å². The average molecular weight is 346 g/mol. The van der Waals surface area contributed by atoms with Gasteiger partial charge in [0.1, 0.15) is 5.75 Å². The molecular formula is C17H22N4O4. The zero-order chi connectivity index (χ0) is 18.2. The minimum Gasteiger partial charge on any atom is -0.492 e. The smallest absolute Gasteiger partial charge is 0.319 e. The highest BCUT2D eigenvalue weighted by atomic mass is 16.5. The molecule has 0 fully saturated rings. The molecule has 0 spiro atoms. The van der Waals surface area contributed by atoms with E-state index in [2.05, 4.69) is 20.8 Å². The number of nitrogens with one attached hydrogen (secondary N) is 2. The molecule has 2 rings (SSSR count). The molecule has 0 aliphatic rings. The van der Waals surface area contributed by atoms with Gasteiger partial charge in [-0.3, -0.25) is 4.79 Å². The van der Waals surface area contributed by atoms with E-state index >= 15 is 0 Å². The van der Waals surface area contributed by atoms with Crippen molar-refractivity contribution in [1.29, 1.82) is 0 Å². The van der Waals surface area contributed by atoms with Crippen LogP contribution in [-0.2, 0) is 12.8 Å². The van der Waals surface area contributed by atoms with Gasteiger partial charge in [-0.05, 0) is 32.0 Å². The molecule has 0 aliphatic heterocycles. The van der Waals surface area contributed by atoms with Crippen LogP contribution in [0.3, 0.4) is 0 Å². The first-order valence-corrected chi connectivity index (χ1v) is 8.17. The van der Waals surface area contributed by atoms with Gasteiger partial charge in [-0.2, -0.15) is 4.98 Å². The van der Waals surface area contributed by atoms with Crippen molar-refractivity contribution in [3.63, 3.8) is 0 Å². The third-order valence-corrected chi connectivity index (χ3v) is 3.38. The van der Waals surface area contributed by atoms with Crippen LogP contribution in [0.5, 0.6) is 5.75 Å². The number of nitrogens with zero attached hydrogens (tertiary/aromatic N) is 2. The minimum absolute atomic E-state index is 0.0883. The molecule has 134 valence electrons. The molecule has 1 heterocycles. The number of benzene rings is 1. The summed E-state index contributed by atoms with van der Waals surface area (Å²) >= 11 is 0. The van der Waals surface area contributed by atoms with E-state index in [4.69, 9.17) is 9.26 Å². The summed E-state index contributed by atoms with van der Waals surface area (Å²) in [6, 6.07) is 4.52. The summed E-state index contributed by atoms with van der Waals surface area (Å²) in [4.78, 5) is 27.8. The number of anilines is 1. The van der Waals surface area contributed by atoms with E-state index in [0.717, 1.165) is 0 Å². The monoisotopic (exact) mass is 346 g/mol. The summed E-state index contributed by atoms with van der Waals surface area (Å²) in [6.07, 6.45) is 1.14. The lowest BCUT2D eigenvalue weighted by Crippen LogP contribution is -2.30. The van der Waals surface area contributed by atoms with Gasteiger partial charge in [0, 0.05) is 24.9 Å². The Morgan fingerprint density at radius 1 is 1.28 bits per heavy atom. The van der Waals surface area contributed by atoms with Crippen LogP contribution in [0.15, 0.2) is 22.7 Å². The van der Waals surface area contributed by atoms with Crippen molar-refractivity contribution in [2.75, 3.05) is 18.5 Å². The highest BCUT2D eigenvalue weighted by Gasteiger charge is 2.11. The van der Waals surface area contributed by atoms with E-state index in [0.29, 0.717) is 54.7 Å². The molecule has 0 bridgehead atoms. The number of aryl methyl sites for hydroxylation is 1. The second kappa shape index (κ2) is 8.81. The van der Waals surface area contributed by atoms with Crippen LogP contribution in [0.25, 0.3) is 0 Å². The van der Waals surface area contributed by atoms with E-state index in [1.54, 1.807) is 18.2 Å². The summed E-state index contributed by atoms with van der Waals surface area (Å²) in [7, 11) is 0. The van der Waals surface area contributed by atoms with Gasteiger partial charge in [-0.1, -0.05) is 12.1 Å². The lowest BCUT2D eigenvalue weighted by molar-refractivity contribution is 0.101. The third-order valence-electron chi connectivity index (χ3n) is 3.38. The van der Waals surface area contributed by atoms with Crippen molar-refractivity contribution in [2.24, 2.45) is 0 Å². The Morgan fingerprint density at radius 2 is 2.08 bits per heavy atom. The van der Waals surface area contributed by atoms with Crippen molar-refractivity contribution in [2.45, 2.75) is 33.6 Å². The Labute approximate surface area is 145 Å². The van der Waals surface area contributed by atoms with Crippen LogP contribution in [0.1, 0.15) is 42.8 Å². The Hall–Kier alpha value is -2.90. The molecule has 25 heavy (non-hydrogen) atoms. The Morgan fingerprint density at radius 3 is 2.72 bits per heavy atom. The van der Waals surface area contributed by atoms with Crippen LogP contribution in [0.4, 0.5) is 10.5 Å². The molecule has 8 heteroatoms. The standard InChI is InChI=1S/C17H22N4O4/c1-4-15-20-16(25-21-15)8-9-18-17(23)19-13-10-12(11(3)22)6-7-14(13)24-5-2/h6-7,10H,4-5,8-9H2,1-3H3,(H2,18,19,23). The second-order valence-electron chi connectivity index (χ2n) is 5.29. The topological polar surface area (TPSA) is 106 Å². The summed E-state index contributed by atoms with van der Waals surface area (Å²) in [5.74, 6) is 1.54. The highest BCUT2D eigenvalue weighted by Crippen LogP contribution is 2.26. The molecule has 0 atom stereocenters. The number of ether oxygens (including phenoxy) is 1. The second-order valence-corrected chi connectivity index (χ2v) is 5.29. The maximum absolute atomic E-state index is 12.1. The van der Waals surface area contributed by atoms with E-state index in [1.165, 1.54) is 6.92 Å². The first-order chi connectivity index (χ1) is 12.0. The Kier molecular flexibility index (Phi) is 6.50. The highest BCUT2D eigenvalue weighted by molar-refractivity contribution is 5.97. The number of ketones is 1. The number of carbonyl (C=O) groups excluding carboxylic acids is 2. The predicted molar refractivity (Wildman–Crippen MR) is 92.0 cm³/mol. The van der Waals surface area contributed by atoms with Crippen molar-refractivity contribution in [1.82, 2.24) is 15.5 Å². The van der Waals surface area contributed by atoms with Gasteiger partial charge in [0.05, 0.1) is 12.3 Å². The van der Waals surface area contributed by atoms with Gasteiger partial charge in [0.2, 0.25) is 5.89 Å². The molecule has 0 saturated carbocycles. The normalized spacial score (nSPS) is 10.4. The van der Waals surface area contributed by atoms with Crippen molar-refractivity contribution < 1.29 is 18.8 Å². The van der Waals surface area contributed by atoms with E-state index in [9.17, 15) is 9.59 Å². The Bertz CT molecular complexity index is 742. The summed E-state index contributed by atoms with van der Waals surface area (Å²) < 4.78 is 10.5. The number of rotatable bonds is 8. The number of hydrogen-bond acceptors (Lipinski definition) is 6. The van der Waals surface area contributed by atoms with Crippen molar-refractivity contribution >= 4 is 17.5 Å². The first-order valence-electron chi connectivity index (χ1n) is 8.17. The maximum Gasteiger partial charge on any atom is 0.319 e. The van der Waals surface area contributed by atoms with Gasteiger partial charge in [-0.25, -0.2) is 4.79 Å². The molecule has 2 amide bonds. The molecule has 0 aliphatic carbocycles. The maximum atomic E-state index is 12.1. The van der Waals surface area contributed by atoms with Gasteiger partial charge < -0.3 is 19.9 Å². The summed E-state index contributed by atoms with van der Waals surface area (Å²) in [6.45, 7) is 6.04. The molecule has 0 radical (unpaired) electrons. The number of aromatic nitrogens is 2. The summed E-state index contributed by atoms with van der Waals surface area (Å²) in [5.41, 5.74) is 0.940. The minimum atomic E-state index is -0.406. The molecule has 0 unspecified atom stereocenters. The van der Waals surface area contributed by atoms with E-state index < -0.39 is 6.03 Å². The fourth-order valence-corrected chi connectivity index (χ4v) is 2.11. The van der Waals surface area contributed by atoms with Gasteiger partial charge in [0.15, 0.2) is 11.6 Å². The average Bonchev–Trinajstić information content (AvgIpc) is 3.04. The van der Waals surface area contributed by atoms with Gasteiger partial charge in [0.25, 0.3) is 0 Å². The van der Waals surface area contributed by atoms with Gasteiger partial charge >= 0.3 is 6.03 Å². The first kappa shape index (κ1) is 18.4. The van der Waals surface area contributed by atoms with Crippen LogP contribution in [0.2, 0.25) is 0 Å². The quantitative estimate of drug-likeness (QED) is 0.712.